The van der Waals surface area contributed by atoms with Gasteiger partial charge < -0.3 is 16.0 Å². The van der Waals surface area contributed by atoms with Crippen LogP contribution in [0.1, 0.15) is 25.5 Å². The average Bonchev–Trinajstić information content (AvgIpc) is 2.40. The molecule has 1 aromatic rings. The van der Waals surface area contributed by atoms with E-state index in [0.29, 0.717) is 6.54 Å². The number of halogens is 2. The van der Waals surface area contributed by atoms with Crippen molar-refractivity contribution in [3.05, 3.63) is 33.3 Å². The first-order valence-electron chi connectivity index (χ1n) is 6.73. The van der Waals surface area contributed by atoms with Gasteiger partial charge in [0.25, 0.3) is 0 Å². The topological polar surface area (TPSA) is 41.3 Å². The molecule has 0 saturated carbocycles. The highest BCUT2D eigenvalue weighted by Gasteiger charge is 2.12. The van der Waals surface area contributed by atoms with Crippen LogP contribution in [-0.4, -0.2) is 37.6 Å². The van der Waals surface area contributed by atoms with Crippen molar-refractivity contribution in [1.82, 2.24) is 10.2 Å². The Morgan fingerprint density at radius 1 is 1.37 bits per heavy atom. The van der Waals surface area contributed by atoms with E-state index in [2.05, 4.69) is 40.0 Å². The van der Waals surface area contributed by atoms with Gasteiger partial charge in [-0.05, 0) is 30.8 Å². The van der Waals surface area contributed by atoms with Gasteiger partial charge in [-0.1, -0.05) is 47.4 Å². The molecule has 3 N–H and O–H groups in total. The zero-order valence-electron chi connectivity index (χ0n) is 11.6. The maximum Gasteiger partial charge on any atom is 0.0456 e. The van der Waals surface area contributed by atoms with E-state index >= 15 is 0 Å². The molecular weight excluding hydrogens is 326 g/mol. The average molecular weight is 349 g/mol. The van der Waals surface area contributed by atoms with Gasteiger partial charge in [0, 0.05) is 35.2 Å². The number of nitrogens with one attached hydrogen (secondary N) is 1. The summed E-state index contributed by atoms with van der Waals surface area (Å²) >= 11 is 9.51. The fraction of sp³-hybridized carbons (Fsp3) is 0.571. The summed E-state index contributed by atoms with van der Waals surface area (Å²) in [6, 6.07) is 5.98. The maximum absolute atomic E-state index is 5.96. The fourth-order valence-electron chi connectivity index (χ4n) is 2.04. The number of nitrogens with zero attached hydrogens (tertiary/aromatic N) is 1. The van der Waals surface area contributed by atoms with E-state index in [-0.39, 0.29) is 6.04 Å². The largest absolute Gasteiger partial charge is 0.329 e. The minimum atomic E-state index is 0.155. The Balaban J connectivity index is 2.58. The Labute approximate surface area is 129 Å². The molecule has 0 aliphatic carbocycles. The third-order valence-corrected chi connectivity index (χ3v) is 4.21. The summed E-state index contributed by atoms with van der Waals surface area (Å²) in [6.45, 7) is 9.05. The van der Waals surface area contributed by atoms with Gasteiger partial charge in [0.05, 0.1) is 0 Å². The number of nitrogens with two attached hydrogens (primary N) is 1. The highest BCUT2D eigenvalue weighted by atomic mass is 79.9. The van der Waals surface area contributed by atoms with Gasteiger partial charge >= 0.3 is 0 Å². The normalized spacial score (nSPS) is 12.9. The van der Waals surface area contributed by atoms with Crippen LogP contribution < -0.4 is 11.1 Å². The van der Waals surface area contributed by atoms with E-state index in [1.807, 2.05) is 18.2 Å². The van der Waals surface area contributed by atoms with Crippen molar-refractivity contribution in [2.24, 2.45) is 5.73 Å². The summed E-state index contributed by atoms with van der Waals surface area (Å²) < 4.78 is 1.01. The third-order valence-electron chi connectivity index (χ3n) is 3.29. The van der Waals surface area contributed by atoms with Crippen LogP contribution in [-0.2, 0) is 0 Å². The van der Waals surface area contributed by atoms with E-state index in [1.165, 1.54) is 0 Å². The molecule has 0 fully saturated rings. The standard InChI is InChI=1S/C14H23BrClN3/c1-3-19(4-2)8-7-18-14(10-17)12-6-5-11(16)9-13(12)15/h5-6,9,14,18H,3-4,7-8,10,17H2,1-2H3. The molecule has 1 atom stereocenters. The third kappa shape index (κ3) is 5.40. The van der Waals surface area contributed by atoms with Gasteiger partial charge in [0.1, 0.15) is 0 Å². The first kappa shape index (κ1) is 16.9. The van der Waals surface area contributed by atoms with E-state index in [1.54, 1.807) is 0 Å². The smallest absolute Gasteiger partial charge is 0.0456 e. The second-order valence-electron chi connectivity index (χ2n) is 4.44. The van der Waals surface area contributed by atoms with Crippen molar-refractivity contribution in [2.75, 3.05) is 32.7 Å². The molecule has 108 valence electrons. The molecule has 0 spiro atoms. The highest BCUT2D eigenvalue weighted by Crippen LogP contribution is 2.26. The second kappa shape index (κ2) is 8.93. The Bertz CT molecular complexity index is 383. The van der Waals surface area contributed by atoms with Crippen LogP contribution in [0, 0.1) is 0 Å². The molecule has 0 heterocycles. The first-order chi connectivity index (χ1) is 9.12. The first-order valence-corrected chi connectivity index (χ1v) is 7.90. The Kier molecular flexibility index (Phi) is 7.95. The quantitative estimate of drug-likeness (QED) is 0.759. The van der Waals surface area contributed by atoms with Crippen LogP contribution in [0.5, 0.6) is 0 Å². The summed E-state index contributed by atoms with van der Waals surface area (Å²) in [5, 5.41) is 4.24. The van der Waals surface area contributed by atoms with Gasteiger partial charge in [-0.25, -0.2) is 0 Å². The SMILES string of the molecule is CCN(CC)CCNC(CN)c1ccc(Cl)cc1Br. The molecule has 3 nitrogen and oxygen atoms in total. The summed E-state index contributed by atoms with van der Waals surface area (Å²) in [5.74, 6) is 0. The minimum Gasteiger partial charge on any atom is -0.329 e. The zero-order chi connectivity index (χ0) is 14.3. The molecule has 0 aliphatic rings. The lowest BCUT2D eigenvalue weighted by molar-refractivity contribution is 0.296. The predicted octanol–water partition coefficient (Wildman–Crippen LogP) is 3.03. The lowest BCUT2D eigenvalue weighted by Gasteiger charge is -2.22. The van der Waals surface area contributed by atoms with Crippen molar-refractivity contribution >= 4 is 27.5 Å². The van der Waals surface area contributed by atoms with E-state index in [4.69, 9.17) is 17.3 Å². The summed E-state index contributed by atoms with van der Waals surface area (Å²) in [5.41, 5.74) is 7.02. The zero-order valence-corrected chi connectivity index (χ0v) is 14.0. The summed E-state index contributed by atoms with van der Waals surface area (Å²) in [6.07, 6.45) is 0. The molecule has 1 rings (SSSR count). The van der Waals surface area contributed by atoms with Gasteiger partial charge in [-0.15, -0.1) is 0 Å². The molecule has 1 unspecified atom stereocenters. The van der Waals surface area contributed by atoms with Crippen LogP contribution >= 0.6 is 27.5 Å². The second-order valence-corrected chi connectivity index (χ2v) is 5.73. The van der Waals surface area contributed by atoms with Crippen LogP contribution in [0.3, 0.4) is 0 Å². The predicted molar refractivity (Wildman–Crippen MR) is 86.7 cm³/mol. The van der Waals surface area contributed by atoms with E-state index in [9.17, 15) is 0 Å². The van der Waals surface area contributed by atoms with Crippen molar-refractivity contribution in [1.29, 1.82) is 0 Å². The minimum absolute atomic E-state index is 0.155. The number of benzene rings is 1. The monoisotopic (exact) mass is 347 g/mol. The Morgan fingerprint density at radius 3 is 2.58 bits per heavy atom. The van der Waals surface area contributed by atoms with Crippen molar-refractivity contribution in [3.8, 4) is 0 Å². The number of hydrogen-bond acceptors (Lipinski definition) is 3. The van der Waals surface area contributed by atoms with Crippen LogP contribution in [0.4, 0.5) is 0 Å². The molecule has 0 aliphatic heterocycles. The Hall–Kier alpha value is -0.130. The lowest BCUT2D eigenvalue weighted by Crippen LogP contribution is -2.36. The molecule has 0 aromatic heterocycles. The highest BCUT2D eigenvalue weighted by molar-refractivity contribution is 9.10. The lowest BCUT2D eigenvalue weighted by atomic mass is 10.1. The van der Waals surface area contributed by atoms with Crippen molar-refractivity contribution in [3.63, 3.8) is 0 Å². The summed E-state index contributed by atoms with van der Waals surface area (Å²) in [7, 11) is 0. The molecule has 5 heteroatoms. The molecule has 1 aromatic carbocycles. The van der Waals surface area contributed by atoms with Gasteiger partial charge in [-0.3, -0.25) is 0 Å². The molecule has 19 heavy (non-hydrogen) atoms. The van der Waals surface area contributed by atoms with Crippen molar-refractivity contribution < 1.29 is 0 Å². The number of hydrogen-bond donors (Lipinski definition) is 2. The molecule has 0 radical (unpaired) electrons. The molecule has 0 bridgehead atoms. The number of likely N-dealkylation sites (N-methyl/N-ethyl adjacent to an activating group) is 1. The summed E-state index contributed by atoms with van der Waals surface area (Å²) in [4.78, 5) is 2.39. The van der Waals surface area contributed by atoms with Gasteiger partial charge in [-0.2, -0.15) is 0 Å². The molecule has 0 saturated heterocycles. The fourth-order valence-corrected chi connectivity index (χ4v) is 3.00. The van der Waals surface area contributed by atoms with E-state index in [0.717, 1.165) is 41.2 Å². The Morgan fingerprint density at radius 2 is 2.05 bits per heavy atom. The van der Waals surface area contributed by atoms with Crippen LogP contribution in [0.25, 0.3) is 0 Å². The maximum atomic E-state index is 5.96. The van der Waals surface area contributed by atoms with Crippen LogP contribution in [0.2, 0.25) is 5.02 Å². The van der Waals surface area contributed by atoms with Crippen molar-refractivity contribution in [2.45, 2.75) is 19.9 Å². The number of rotatable bonds is 8. The van der Waals surface area contributed by atoms with Crippen LogP contribution in [0.15, 0.2) is 22.7 Å². The molecule has 0 amide bonds. The van der Waals surface area contributed by atoms with Gasteiger partial charge in [0.2, 0.25) is 0 Å². The molecular formula is C14H23BrClN3. The van der Waals surface area contributed by atoms with Gasteiger partial charge in [0.15, 0.2) is 0 Å². The van der Waals surface area contributed by atoms with E-state index < -0.39 is 0 Å².